The Morgan fingerprint density at radius 2 is 1.89 bits per heavy atom. The number of hydrogen-bond donors (Lipinski definition) is 0. The van der Waals surface area contributed by atoms with E-state index in [-0.39, 0.29) is 18.9 Å². The fraction of sp³-hybridized carbons (Fsp3) is 0.350. The predicted molar refractivity (Wildman–Crippen MR) is 100 cm³/mol. The molecular weight excluding hydrogens is 395 g/mol. The van der Waals surface area contributed by atoms with Crippen LogP contribution in [0, 0.1) is 0 Å². The molecule has 0 bridgehead atoms. The summed E-state index contributed by atoms with van der Waals surface area (Å²) in [6.45, 7) is 4.04. The Labute approximate surface area is 166 Å². The first-order chi connectivity index (χ1) is 13.2. The zero-order chi connectivity index (χ0) is 20.7. The highest BCUT2D eigenvalue weighted by molar-refractivity contribution is 6.31. The molecule has 1 unspecified atom stereocenters. The lowest BCUT2D eigenvalue weighted by atomic mass is 10.2. The maximum absolute atomic E-state index is 12.7. The van der Waals surface area contributed by atoms with E-state index in [0.29, 0.717) is 11.6 Å². The highest BCUT2D eigenvalue weighted by atomic mass is 35.5. The maximum atomic E-state index is 12.7. The highest BCUT2D eigenvalue weighted by Crippen LogP contribution is 2.31. The van der Waals surface area contributed by atoms with Crippen LogP contribution in [-0.4, -0.2) is 30.2 Å². The van der Waals surface area contributed by atoms with Crippen molar-refractivity contribution in [3.05, 3.63) is 64.7 Å². The Kier molecular flexibility index (Phi) is 7.57. The van der Waals surface area contributed by atoms with Crippen molar-refractivity contribution in [1.29, 1.82) is 0 Å². The summed E-state index contributed by atoms with van der Waals surface area (Å²) in [5.41, 5.74) is -0.0117. The van der Waals surface area contributed by atoms with Crippen LogP contribution in [-0.2, 0) is 17.5 Å². The van der Waals surface area contributed by atoms with Crippen LogP contribution in [0.4, 0.5) is 18.0 Å². The number of halogens is 4. The third kappa shape index (κ3) is 6.34. The molecule has 0 aliphatic rings. The molecule has 0 fully saturated rings. The fourth-order valence-corrected chi connectivity index (χ4v) is 2.59. The largest absolute Gasteiger partial charge is 0.490 e. The fourth-order valence-electron chi connectivity index (χ4n) is 2.39. The second-order valence-electron chi connectivity index (χ2n) is 6.14. The van der Waals surface area contributed by atoms with Crippen molar-refractivity contribution in [3.63, 3.8) is 0 Å². The van der Waals surface area contributed by atoms with E-state index < -0.39 is 23.9 Å². The van der Waals surface area contributed by atoms with Crippen molar-refractivity contribution in [2.24, 2.45) is 0 Å². The zero-order valence-corrected chi connectivity index (χ0v) is 16.3. The standard InChI is InChI=1S/C20H21ClF3NO3/c1-3-25(12-15-7-4-5-10-18(15)21)19(26)28-14(2)13-27-17-9-6-8-16(11-17)20(22,23)24/h4-11,14H,3,12-13H2,1-2H3. The third-order valence-corrected chi connectivity index (χ3v) is 4.28. The van der Waals surface area contributed by atoms with Crippen LogP contribution in [0.25, 0.3) is 0 Å². The van der Waals surface area contributed by atoms with E-state index in [4.69, 9.17) is 21.1 Å². The summed E-state index contributed by atoms with van der Waals surface area (Å²) in [6.07, 6.45) is -5.65. The summed E-state index contributed by atoms with van der Waals surface area (Å²) >= 11 is 6.12. The topological polar surface area (TPSA) is 38.8 Å². The molecule has 0 N–H and O–H groups in total. The lowest BCUT2D eigenvalue weighted by Gasteiger charge is -2.23. The van der Waals surface area contributed by atoms with Crippen LogP contribution < -0.4 is 4.74 Å². The molecule has 1 atom stereocenters. The number of carbonyl (C=O) groups excluding carboxylic acids is 1. The van der Waals surface area contributed by atoms with Crippen molar-refractivity contribution < 1.29 is 27.4 Å². The van der Waals surface area contributed by atoms with E-state index in [1.54, 1.807) is 19.1 Å². The Hall–Kier alpha value is -2.41. The molecule has 28 heavy (non-hydrogen) atoms. The van der Waals surface area contributed by atoms with Gasteiger partial charge in [-0.1, -0.05) is 35.9 Å². The first kappa shape index (κ1) is 21.9. The lowest BCUT2D eigenvalue weighted by Crippen LogP contribution is -2.34. The molecule has 152 valence electrons. The number of benzene rings is 2. The van der Waals surface area contributed by atoms with Gasteiger partial charge < -0.3 is 14.4 Å². The minimum absolute atomic E-state index is 0.0566. The highest BCUT2D eigenvalue weighted by Gasteiger charge is 2.30. The molecule has 0 aliphatic heterocycles. The predicted octanol–water partition coefficient (Wildman–Crippen LogP) is 5.78. The summed E-state index contributed by atoms with van der Waals surface area (Å²) in [5.74, 6) is 0.0566. The summed E-state index contributed by atoms with van der Waals surface area (Å²) in [4.78, 5) is 13.8. The van der Waals surface area contributed by atoms with Crippen LogP contribution in [0.1, 0.15) is 25.0 Å². The first-order valence-electron chi connectivity index (χ1n) is 8.69. The summed E-state index contributed by atoms with van der Waals surface area (Å²) in [7, 11) is 0. The molecule has 0 saturated heterocycles. The van der Waals surface area contributed by atoms with E-state index in [1.807, 2.05) is 19.1 Å². The first-order valence-corrected chi connectivity index (χ1v) is 9.07. The number of alkyl halides is 3. The van der Waals surface area contributed by atoms with Crippen molar-refractivity contribution >= 4 is 17.7 Å². The molecule has 0 heterocycles. The van der Waals surface area contributed by atoms with Gasteiger partial charge in [-0.3, -0.25) is 0 Å². The van der Waals surface area contributed by atoms with Gasteiger partial charge in [0.2, 0.25) is 0 Å². The van der Waals surface area contributed by atoms with Crippen LogP contribution in [0.3, 0.4) is 0 Å². The summed E-state index contributed by atoms with van der Waals surface area (Å²) in [6, 6.07) is 11.7. The van der Waals surface area contributed by atoms with E-state index in [9.17, 15) is 18.0 Å². The van der Waals surface area contributed by atoms with Crippen LogP contribution in [0.5, 0.6) is 5.75 Å². The quantitative estimate of drug-likeness (QED) is 0.575. The van der Waals surface area contributed by atoms with Crippen LogP contribution in [0.2, 0.25) is 5.02 Å². The minimum atomic E-state index is -4.45. The van der Waals surface area contributed by atoms with E-state index in [2.05, 4.69) is 0 Å². The Bertz CT molecular complexity index is 798. The molecule has 4 nitrogen and oxygen atoms in total. The van der Waals surface area contributed by atoms with E-state index in [1.165, 1.54) is 17.0 Å². The average molecular weight is 416 g/mol. The lowest BCUT2D eigenvalue weighted by molar-refractivity contribution is -0.137. The normalized spacial score (nSPS) is 12.4. The average Bonchev–Trinajstić information content (AvgIpc) is 2.65. The van der Waals surface area contributed by atoms with E-state index >= 15 is 0 Å². The van der Waals surface area contributed by atoms with Gasteiger partial charge in [0.15, 0.2) is 0 Å². The van der Waals surface area contributed by atoms with Gasteiger partial charge in [-0.15, -0.1) is 0 Å². The van der Waals surface area contributed by atoms with Gasteiger partial charge in [0.25, 0.3) is 0 Å². The molecule has 2 rings (SSSR count). The Balaban J connectivity index is 1.90. The van der Waals surface area contributed by atoms with Crippen molar-refractivity contribution in [2.45, 2.75) is 32.7 Å². The summed E-state index contributed by atoms with van der Waals surface area (Å²) < 4.78 is 48.9. The molecule has 0 saturated carbocycles. The maximum Gasteiger partial charge on any atom is 0.416 e. The van der Waals surface area contributed by atoms with Gasteiger partial charge in [0.1, 0.15) is 18.5 Å². The smallest absolute Gasteiger partial charge is 0.416 e. The number of nitrogens with zero attached hydrogens (tertiary/aromatic N) is 1. The molecular formula is C20H21ClF3NO3. The second-order valence-corrected chi connectivity index (χ2v) is 6.54. The van der Waals surface area contributed by atoms with Crippen LogP contribution in [0.15, 0.2) is 48.5 Å². The van der Waals surface area contributed by atoms with Gasteiger partial charge in [0.05, 0.1) is 12.1 Å². The molecule has 2 aromatic rings. The Morgan fingerprint density at radius 3 is 2.54 bits per heavy atom. The van der Waals surface area contributed by atoms with Crippen LogP contribution >= 0.6 is 11.6 Å². The third-order valence-electron chi connectivity index (χ3n) is 3.91. The monoisotopic (exact) mass is 415 g/mol. The zero-order valence-electron chi connectivity index (χ0n) is 15.5. The van der Waals surface area contributed by atoms with Gasteiger partial charge in [0, 0.05) is 11.6 Å². The summed E-state index contributed by atoms with van der Waals surface area (Å²) in [5, 5.41) is 0.551. The molecule has 8 heteroatoms. The number of rotatable bonds is 7. The van der Waals surface area contributed by atoms with Gasteiger partial charge >= 0.3 is 12.3 Å². The van der Waals surface area contributed by atoms with Gasteiger partial charge in [-0.2, -0.15) is 13.2 Å². The second kappa shape index (κ2) is 9.68. The van der Waals surface area contributed by atoms with Gasteiger partial charge in [-0.05, 0) is 43.7 Å². The minimum Gasteiger partial charge on any atom is -0.490 e. The molecule has 2 aromatic carbocycles. The SMILES string of the molecule is CCN(Cc1ccccc1Cl)C(=O)OC(C)COc1cccc(C(F)(F)F)c1. The Morgan fingerprint density at radius 1 is 1.18 bits per heavy atom. The van der Waals surface area contributed by atoms with Crippen molar-refractivity contribution in [3.8, 4) is 5.75 Å². The van der Waals surface area contributed by atoms with E-state index in [0.717, 1.165) is 17.7 Å². The van der Waals surface area contributed by atoms with Crippen molar-refractivity contribution in [1.82, 2.24) is 4.90 Å². The van der Waals surface area contributed by atoms with Crippen molar-refractivity contribution in [2.75, 3.05) is 13.2 Å². The number of amides is 1. The molecule has 0 radical (unpaired) electrons. The number of ether oxygens (including phenoxy) is 2. The molecule has 0 spiro atoms. The number of hydrogen-bond acceptors (Lipinski definition) is 3. The number of carbonyl (C=O) groups is 1. The molecule has 1 amide bonds. The van der Waals surface area contributed by atoms with Gasteiger partial charge in [-0.25, -0.2) is 4.79 Å². The molecule has 0 aliphatic carbocycles. The molecule has 0 aromatic heterocycles.